The fourth-order valence-corrected chi connectivity index (χ4v) is 6.90. The first kappa shape index (κ1) is 31.1. The molecule has 0 aliphatic carbocycles. The molecule has 0 unspecified atom stereocenters. The van der Waals surface area contributed by atoms with E-state index in [0.29, 0.717) is 63.7 Å². The predicted octanol–water partition coefficient (Wildman–Crippen LogP) is 7.01. The number of fused-ring (bicyclic) bond motifs is 2. The van der Waals surface area contributed by atoms with Crippen LogP contribution in [0, 0.1) is 0 Å². The van der Waals surface area contributed by atoms with Crippen molar-refractivity contribution in [2.75, 3.05) is 19.7 Å². The SMILES string of the molecule is CCOc1ccc(Cl)cc1-n1c(C=C(C)C)c(C(=O)N2C[C@H]3CC[C@@H](C2)N3)cc(-c2nc(-c3ccc(C(F)F)nc3)cs2)c1=O. The summed E-state index contributed by atoms with van der Waals surface area (Å²) in [5.41, 5.74) is 2.57. The Balaban J connectivity index is 1.57. The Bertz CT molecular complexity index is 1820. The normalized spacial score (nSPS) is 17.5. The highest BCUT2D eigenvalue weighted by atomic mass is 35.5. The van der Waals surface area contributed by atoms with Gasteiger partial charge >= 0.3 is 0 Å². The van der Waals surface area contributed by atoms with Crippen molar-refractivity contribution in [3.8, 4) is 33.3 Å². The van der Waals surface area contributed by atoms with Crippen molar-refractivity contribution < 1.29 is 18.3 Å². The Hall–Kier alpha value is -3.93. The third kappa shape index (κ3) is 6.29. The lowest BCUT2D eigenvalue weighted by molar-refractivity contribution is 0.0696. The van der Waals surface area contributed by atoms with Crippen LogP contribution in [0.5, 0.6) is 5.75 Å². The number of halogens is 3. The molecular formula is C33H32ClF2N5O3S. The van der Waals surface area contributed by atoms with Crippen LogP contribution in [0.1, 0.15) is 61.8 Å². The van der Waals surface area contributed by atoms with Crippen LogP contribution < -0.4 is 15.6 Å². The van der Waals surface area contributed by atoms with Gasteiger partial charge in [0.05, 0.1) is 34.8 Å². The van der Waals surface area contributed by atoms with Crippen molar-refractivity contribution in [1.29, 1.82) is 0 Å². The van der Waals surface area contributed by atoms with Crippen molar-refractivity contribution in [1.82, 2.24) is 24.8 Å². The van der Waals surface area contributed by atoms with Crippen LogP contribution in [-0.2, 0) is 0 Å². The number of alkyl halides is 2. The Morgan fingerprint density at radius 1 is 1.18 bits per heavy atom. The Labute approximate surface area is 268 Å². The van der Waals surface area contributed by atoms with Crippen LogP contribution >= 0.6 is 22.9 Å². The second kappa shape index (κ2) is 12.8. The van der Waals surface area contributed by atoms with Gasteiger partial charge in [-0.3, -0.25) is 19.1 Å². The van der Waals surface area contributed by atoms with E-state index in [0.717, 1.165) is 18.4 Å². The van der Waals surface area contributed by atoms with Crippen molar-refractivity contribution in [2.45, 2.75) is 52.1 Å². The van der Waals surface area contributed by atoms with Crippen LogP contribution in [0.4, 0.5) is 8.78 Å². The van der Waals surface area contributed by atoms with Crippen LogP contribution in [-0.4, -0.2) is 57.1 Å². The minimum atomic E-state index is -2.68. The molecule has 8 nitrogen and oxygen atoms in total. The summed E-state index contributed by atoms with van der Waals surface area (Å²) in [6, 6.07) is 9.93. The number of rotatable bonds is 8. The number of amides is 1. The molecule has 234 valence electrons. The minimum absolute atomic E-state index is 0.181. The zero-order valence-corrected chi connectivity index (χ0v) is 26.6. The predicted molar refractivity (Wildman–Crippen MR) is 173 cm³/mol. The van der Waals surface area contributed by atoms with Gasteiger partial charge in [-0.05, 0) is 76.1 Å². The molecule has 6 rings (SSSR count). The molecule has 1 aromatic carbocycles. The first-order valence-electron chi connectivity index (χ1n) is 14.8. The van der Waals surface area contributed by atoms with Gasteiger partial charge in [0.2, 0.25) is 0 Å². The summed E-state index contributed by atoms with van der Waals surface area (Å²) in [7, 11) is 0. The molecule has 2 saturated heterocycles. The minimum Gasteiger partial charge on any atom is -0.492 e. The Morgan fingerprint density at radius 3 is 2.58 bits per heavy atom. The highest BCUT2D eigenvalue weighted by molar-refractivity contribution is 7.13. The van der Waals surface area contributed by atoms with E-state index in [-0.39, 0.29) is 29.2 Å². The average molecular weight is 652 g/mol. The molecule has 2 aliphatic rings. The number of piperazine rings is 1. The average Bonchev–Trinajstić information content (AvgIpc) is 3.64. The third-order valence-corrected chi connectivity index (χ3v) is 9.01. The second-order valence-corrected chi connectivity index (χ2v) is 12.7. The maximum absolute atomic E-state index is 14.5. The van der Waals surface area contributed by atoms with Gasteiger partial charge in [0.25, 0.3) is 17.9 Å². The van der Waals surface area contributed by atoms with Gasteiger partial charge in [-0.25, -0.2) is 13.8 Å². The van der Waals surface area contributed by atoms with Crippen molar-refractivity contribution in [2.24, 2.45) is 0 Å². The molecule has 5 heterocycles. The standard InChI is InChI=1S/C33H32ClF2N5O3S/c1-4-44-29-10-6-20(34)12-28(29)41-27(11-18(2)3)23(32(42)40-15-21-7-8-22(16-40)38-21)13-24(33(41)43)31-39-26(17-45-31)19-5-9-25(30(35)36)37-14-19/h5-6,9-14,17,21-22,30,38H,4,7-8,15-16H2,1-3H3/t21-,22+. The lowest BCUT2D eigenvalue weighted by Gasteiger charge is -2.33. The third-order valence-electron chi connectivity index (χ3n) is 7.90. The van der Waals surface area contributed by atoms with Gasteiger partial charge in [-0.15, -0.1) is 11.3 Å². The highest BCUT2D eigenvalue weighted by Crippen LogP contribution is 2.34. The molecule has 2 fully saturated rings. The molecular weight excluding hydrogens is 620 g/mol. The number of thiazole rings is 1. The summed E-state index contributed by atoms with van der Waals surface area (Å²) in [6.07, 6.45) is 2.50. The number of allylic oxidation sites excluding steroid dienone is 1. The fraction of sp³-hybridized carbons (Fsp3) is 0.333. The van der Waals surface area contributed by atoms with E-state index in [1.165, 1.54) is 34.2 Å². The quantitative estimate of drug-likeness (QED) is 0.220. The van der Waals surface area contributed by atoms with Crippen molar-refractivity contribution in [3.63, 3.8) is 0 Å². The summed E-state index contributed by atoms with van der Waals surface area (Å²) >= 11 is 7.69. The molecule has 4 aromatic rings. The van der Waals surface area contributed by atoms with E-state index in [1.807, 2.05) is 31.7 Å². The first-order chi connectivity index (χ1) is 21.6. The number of benzene rings is 1. The number of pyridine rings is 2. The van der Waals surface area contributed by atoms with Crippen LogP contribution in [0.3, 0.4) is 0 Å². The van der Waals surface area contributed by atoms with Gasteiger partial charge in [0.1, 0.15) is 16.5 Å². The van der Waals surface area contributed by atoms with Gasteiger partial charge < -0.3 is 15.0 Å². The maximum Gasteiger partial charge on any atom is 0.280 e. The van der Waals surface area contributed by atoms with E-state index >= 15 is 0 Å². The Kier molecular flexibility index (Phi) is 8.85. The van der Waals surface area contributed by atoms with E-state index in [4.69, 9.17) is 21.3 Å². The lowest BCUT2D eigenvalue weighted by atomic mass is 10.0. The number of carbonyl (C=O) groups excluding carboxylic acids is 1. The molecule has 2 aliphatic heterocycles. The van der Waals surface area contributed by atoms with Crippen LogP contribution in [0.25, 0.3) is 33.6 Å². The van der Waals surface area contributed by atoms with E-state index in [2.05, 4.69) is 10.3 Å². The number of hydrogen-bond acceptors (Lipinski definition) is 7. The molecule has 2 atom stereocenters. The number of hydrogen-bond donors (Lipinski definition) is 1. The summed E-state index contributed by atoms with van der Waals surface area (Å²) in [4.78, 5) is 39.4. The maximum atomic E-state index is 14.5. The summed E-state index contributed by atoms with van der Waals surface area (Å²) in [5.74, 6) is 0.257. The molecule has 12 heteroatoms. The molecule has 1 amide bonds. The summed E-state index contributed by atoms with van der Waals surface area (Å²) < 4.78 is 33.6. The topological polar surface area (TPSA) is 89.3 Å². The number of carbonyl (C=O) groups is 1. The van der Waals surface area contributed by atoms with Gasteiger partial charge in [0.15, 0.2) is 0 Å². The van der Waals surface area contributed by atoms with Crippen molar-refractivity contribution >= 4 is 34.9 Å². The van der Waals surface area contributed by atoms with E-state index in [1.54, 1.807) is 29.6 Å². The number of nitrogens with zero attached hydrogens (tertiary/aromatic N) is 4. The molecule has 0 spiro atoms. The highest BCUT2D eigenvalue weighted by Gasteiger charge is 2.36. The zero-order valence-electron chi connectivity index (χ0n) is 25.0. The number of ether oxygens (including phenoxy) is 1. The second-order valence-electron chi connectivity index (χ2n) is 11.4. The summed E-state index contributed by atoms with van der Waals surface area (Å²) in [6.45, 7) is 7.16. The van der Waals surface area contributed by atoms with Gasteiger partial charge in [0, 0.05) is 47.3 Å². The van der Waals surface area contributed by atoms with Crippen molar-refractivity contribution in [3.05, 3.63) is 85.9 Å². The van der Waals surface area contributed by atoms with Gasteiger partial charge in [-0.1, -0.05) is 17.2 Å². The van der Waals surface area contributed by atoms with E-state index in [9.17, 15) is 18.4 Å². The molecule has 1 N–H and O–H groups in total. The largest absolute Gasteiger partial charge is 0.492 e. The zero-order chi connectivity index (χ0) is 31.8. The fourth-order valence-electron chi connectivity index (χ4n) is 5.90. The molecule has 0 radical (unpaired) electrons. The van der Waals surface area contributed by atoms with Crippen LogP contribution in [0.2, 0.25) is 5.02 Å². The molecule has 3 aromatic heterocycles. The van der Waals surface area contributed by atoms with E-state index < -0.39 is 12.0 Å². The van der Waals surface area contributed by atoms with Crippen LogP contribution in [0.15, 0.2) is 58.3 Å². The Morgan fingerprint density at radius 2 is 1.93 bits per heavy atom. The number of nitrogens with one attached hydrogen (secondary N) is 1. The first-order valence-corrected chi connectivity index (χ1v) is 16.0. The number of likely N-dealkylation sites (tertiary alicyclic amines) is 1. The number of aromatic nitrogens is 3. The monoisotopic (exact) mass is 651 g/mol. The summed E-state index contributed by atoms with van der Waals surface area (Å²) in [5, 5.41) is 6.08. The molecule has 0 saturated carbocycles. The molecule has 2 bridgehead atoms. The lowest BCUT2D eigenvalue weighted by Crippen LogP contribution is -2.53. The van der Waals surface area contributed by atoms with Gasteiger partial charge in [-0.2, -0.15) is 0 Å². The smallest absolute Gasteiger partial charge is 0.280 e. The molecule has 45 heavy (non-hydrogen) atoms.